The van der Waals surface area contributed by atoms with Crippen LogP contribution in [0, 0.1) is 17.5 Å². The molecule has 318 valence electrons. The van der Waals surface area contributed by atoms with Crippen molar-refractivity contribution in [2.24, 2.45) is 0 Å². The smallest absolute Gasteiger partial charge is 0.417 e. The molecule has 20 heteroatoms. The molecule has 0 fully saturated rings. The van der Waals surface area contributed by atoms with Crippen LogP contribution in [0.15, 0.2) is 134 Å². The van der Waals surface area contributed by atoms with Gasteiger partial charge in [-0.25, -0.2) is 22.8 Å². The largest absolute Gasteiger partial charge is 0.454 e. The first-order chi connectivity index (χ1) is 30.2. The molecule has 0 aliphatic heterocycles. The summed E-state index contributed by atoms with van der Waals surface area (Å²) in [4.78, 5) is 41.0. The summed E-state index contributed by atoms with van der Waals surface area (Å²) in [5, 5.41) is 9.14. The molecule has 4 amide bonds. The van der Waals surface area contributed by atoms with Gasteiger partial charge in [0.2, 0.25) is 0 Å². The molecule has 8 aromatic rings. The molecular weight excluding hydrogens is 877 g/mol. The van der Waals surface area contributed by atoms with Crippen molar-refractivity contribution in [1.29, 1.82) is 0 Å². The average molecular weight is 904 g/mol. The lowest BCUT2D eigenvalue weighted by molar-refractivity contribution is -0.137. The molecule has 4 N–H and O–H groups in total. The fourth-order valence-electron chi connectivity index (χ4n) is 5.57. The Bertz CT molecular complexity index is 3000. The molecule has 0 aliphatic carbocycles. The maximum absolute atomic E-state index is 14.2. The van der Waals surface area contributed by atoms with Crippen LogP contribution in [-0.2, 0) is 6.18 Å². The zero-order chi connectivity index (χ0) is 44.7. The Labute approximate surface area is 361 Å². The number of aromatic nitrogens is 4. The summed E-state index contributed by atoms with van der Waals surface area (Å²) in [6, 6.07) is 22.6. The molecular formula is C43H26Cl2F6N8O4. The van der Waals surface area contributed by atoms with Crippen LogP contribution in [0.3, 0.4) is 0 Å². The fraction of sp³-hybridized carbons (Fsp3) is 0.0233. The SMILES string of the molecule is O=C(Nc1ccc(Cl)c(F)c1)Nc1ccc(F)c(Oc2ccc3nccnc3c2)c1.O=C(Nc1ccc(F)c(Oc2ccc3nccnc3c2)c1)Nc1ccc(Cl)c(C(F)(F)F)c1. The molecule has 8 rings (SSSR count). The molecule has 0 unspecified atom stereocenters. The number of anilines is 4. The number of hydrogen-bond donors (Lipinski definition) is 4. The number of carbonyl (C=O) groups is 2. The number of nitrogens with one attached hydrogen (secondary N) is 4. The number of fused-ring (bicyclic) bond motifs is 2. The van der Waals surface area contributed by atoms with Crippen molar-refractivity contribution in [2.75, 3.05) is 21.3 Å². The summed E-state index contributed by atoms with van der Waals surface area (Å²) < 4.78 is 92.1. The number of amides is 4. The Kier molecular flexibility index (Phi) is 13.0. The molecule has 0 aliphatic rings. The molecule has 0 radical (unpaired) electrons. The van der Waals surface area contributed by atoms with E-state index in [1.54, 1.807) is 48.8 Å². The van der Waals surface area contributed by atoms with Gasteiger partial charge in [-0.05, 0) is 84.9 Å². The molecule has 0 spiro atoms. The second kappa shape index (κ2) is 18.9. The number of urea groups is 2. The van der Waals surface area contributed by atoms with Gasteiger partial charge in [-0.1, -0.05) is 23.2 Å². The van der Waals surface area contributed by atoms with E-state index in [0.717, 1.165) is 24.3 Å². The number of nitrogens with zero attached hydrogens (tertiary/aromatic N) is 4. The van der Waals surface area contributed by atoms with Gasteiger partial charge >= 0.3 is 18.2 Å². The monoisotopic (exact) mass is 902 g/mol. The van der Waals surface area contributed by atoms with Gasteiger partial charge in [-0.3, -0.25) is 19.9 Å². The van der Waals surface area contributed by atoms with E-state index in [9.17, 15) is 35.9 Å². The van der Waals surface area contributed by atoms with Gasteiger partial charge in [0.1, 0.15) is 17.3 Å². The lowest BCUT2D eigenvalue weighted by atomic mass is 10.2. The van der Waals surface area contributed by atoms with Crippen molar-refractivity contribution >= 4 is 80.1 Å². The third-order valence-electron chi connectivity index (χ3n) is 8.42. The van der Waals surface area contributed by atoms with E-state index in [1.807, 2.05) is 0 Å². The number of halogens is 8. The van der Waals surface area contributed by atoms with Crippen LogP contribution < -0.4 is 30.7 Å². The highest BCUT2D eigenvalue weighted by Crippen LogP contribution is 2.36. The topological polar surface area (TPSA) is 152 Å². The fourth-order valence-corrected chi connectivity index (χ4v) is 5.91. The Balaban J connectivity index is 0.000000190. The van der Waals surface area contributed by atoms with Crippen molar-refractivity contribution in [1.82, 2.24) is 19.9 Å². The van der Waals surface area contributed by atoms with Gasteiger partial charge in [0.05, 0.1) is 37.7 Å². The van der Waals surface area contributed by atoms with Crippen LogP contribution in [0.5, 0.6) is 23.0 Å². The number of carbonyl (C=O) groups excluding carboxylic acids is 2. The van der Waals surface area contributed by atoms with Crippen LogP contribution in [-0.4, -0.2) is 32.0 Å². The van der Waals surface area contributed by atoms with Crippen molar-refractivity contribution < 1.29 is 45.4 Å². The van der Waals surface area contributed by atoms with E-state index in [2.05, 4.69) is 41.2 Å². The van der Waals surface area contributed by atoms with Gasteiger partial charge in [0.15, 0.2) is 23.1 Å². The standard InChI is InChI=1S/C22H13ClF4N4O2.C21H13ClF2N4O2/c23-16-4-1-12(9-15(16)22(25,26)27)30-21(32)31-13-2-5-17(24)20(10-13)33-14-3-6-18-19(11-14)29-8-7-28-18;22-15-4-1-12(9-17(15)24)27-21(29)28-13-2-5-16(23)20(10-13)30-14-3-6-18-19(11-14)26-8-7-25-18/h1-11H,(H2,30,31,32);1-11H,(H2,27,28,29). The first-order valence-corrected chi connectivity index (χ1v) is 18.8. The quantitative estimate of drug-likeness (QED) is 0.110. The van der Waals surface area contributed by atoms with Gasteiger partial charge in [-0.2, -0.15) is 13.2 Å². The highest BCUT2D eigenvalue weighted by molar-refractivity contribution is 6.31. The minimum Gasteiger partial charge on any atom is -0.454 e. The lowest BCUT2D eigenvalue weighted by Crippen LogP contribution is -2.20. The highest BCUT2D eigenvalue weighted by Gasteiger charge is 2.33. The van der Waals surface area contributed by atoms with Gasteiger partial charge in [0.25, 0.3) is 0 Å². The van der Waals surface area contributed by atoms with Gasteiger partial charge < -0.3 is 30.7 Å². The lowest BCUT2D eigenvalue weighted by Gasteiger charge is -2.13. The number of hydrogen-bond acceptors (Lipinski definition) is 8. The number of alkyl halides is 3. The summed E-state index contributed by atoms with van der Waals surface area (Å²) >= 11 is 11.2. The van der Waals surface area contributed by atoms with Crippen molar-refractivity contribution in [3.63, 3.8) is 0 Å². The summed E-state index contributed by atoms with van der Waals surface area (Å²) in [7, 11) is 0. The number of rotatable bonds is 8. The normalized spacial score (nSPS) is 11.0. The second-order valence-corrected chi connectivity index (χ2v) is 13.7. The van der Waals surface area contributed by atoms with Crippen LogP contribution in [0.2, 0.25) is 10.0 Å². The Morgan fingerprint density at radius 2 is 0.857 bits per heavy atom. The highest BCUT2D eigenvalue weighted by atomic mass is 35.5. The first kappa shape index (κ1) is 43.4. The van der Waals surface area contributed by atoms with Crippen LogP contribution in [0.1, 0.15) is 5.56 Å². The molecule has 0 saturated carbocycles. The third-order valence-corrected chi connectivity index (χ3v) is 9.06. The van der Waals surface area contributed by atoms with E-state index in [1.165, 1.54) is 54.9 Å². The summed E-state index contributed by atoms with van der Waals surface area (Å²) in [6.45, 7) is 0. The van der Waals surface area contributed by atoms with Gasteiger partial charge in [0, 0.05) is 71.8 Å². The predicted molar refractivity (Wildman–Crippen MR) is 225 cm³/mol. The molecule has 12 nitrogen and oxygen atoms in total. The molecule has 2 heterocycles. The molecule has 6 aromatic carbocycles. The van der Waals surface area contributed by atoms with E-state index >= 15 is 0 Å². The maximum Gasteiger partial charge on any atom is 0.417 e. The van der Waals surface area contributed by atoms with E-state index < -0.39 is 46.3 Å². The van der Waals surface area contributed by atoms with E-state index in [0.29, 0.717) is 39.6 Å². The Hall–Kier alpha value is -7.70. The molecule has 0 saturated heterocycles. The zero-order valence-corrected chi connectivity index (χ0v) is 33.2. The minimum atomic E-state index is -4.68. The van der Waals surface area contributed by atoms with Crippen molar-refractivity contribution in [2.45, 2.75) is 6.18 Å². The average Bonchev–Trinajstić information content (AvgIpc) is 3.25. The van der Waals surface area contributed by atoms with Crippen LogP contribution in [0.25, 0.3) is 22.1 Å². The summed E-state index contributed by atoms with van der Waals surface area (Å²) in [6.07, 6.45) is 1.48. The Morgan fingerprint density at radius 1 is 0.460 bits per heavy atom. The molecule has 63 heavy (non-hydrogen) atoms. The first-order valence-electron chi connectivity index (χ1n) is 18.0. The number of ether oxygens (including phenoxy) is 2. The number of benzene rings is 6. The maximum atomic E-state index is 14.2. The van der Waals surface area contributed by atoms with Crippen LogP contribution in [0.4, 0.5) is 58.7 Å². The van der Waals surface area contributed by atoms with Crippen molar-refractivity contribution in [3.8, 4) is 23.0 Å². The predicted octanol–water partition coefficient (Wildman–Crippen LogP) is 12.9. The van der Waals surface area contributed by atoms with Crippen LogP contribution >= 0.6 is 23.2 Å². The molecule has 0 atom stereocenters. The zero-order valence-electron chi connectivity index (χ0n) is 31.6. The van der Waals surface area contributed by atoms with E-state index in [4.69, 9.17) is 32.7 Å². The van der Waals surface area contributed by atoms with Crippen molar-refractivity contribution in [3.05, 3.63) is 167 Å². The third kappa shape index (κ3) is 11.4. The summed E-state index contributed by atoms with van der Waals surface area (Å²) in [5.74, 6) is -1.57. The Morgan fingerprint density at radius 3 is 1.30 bits per heavy atom. The second-order valence-electron chi connectivity index (χ2n) is 12.9. The summed E-state index contributed by atoms with van der Waals surface area (Å²) in [5.41, 5.74) is 1.88. The molecule has 2 aromatic heterocycles. The van der Waals surface area contributed by atoms with E-state index in [-0.39, 0.29) is 39.3 Å². The van der Waals surface area contributed by atoms with Gasteiger partial charge in [-0.15, -0.1) is 0 Å². The minimum absolute atomic E-state index is 0.0547. The molecule has 0 bridgehead atoms.